The summed E-state index contributed by atoms with van der Waals surface area (Å²) in [6, 6.07) is 4.58. The van der Waals surface area contributed by atoms with Crippen LogP contribution in [0.25, 0.3) is 0 Å². The number of non-ortho nitro benzene ring substituents is 1. The van der Waals surface area contributed by atoms with Crippen molar-refractivity contribution in [2.45, 2.75) is 0 Å². The summed E-state index contributed by atoms with van der Waals surface area (Å²) in [7, 11) is 1.83. The fraction of sp³-hybridized carbons (Fsp3) is 0.250. The van der Waals surface area contributed by atoms with E-state index in [-0.39, 0.29) is 5.69 Å². The molecule has 0 bridgehead atoms. The summed E-state index contributed by atoms with van der Waals surface area (Å²) >= 11 is 0. The zero-order valence-corrected chi connectivity index (χ0v) is 7.06. The summed E-state index contributed by atoms with van der Waals surface area (Å²) in [6.45, 7) is 0.455. The number of hydrogen-bond acceptors (Lipinski definition) is 4. The van der Waals surface area contributed by atoms with E-state index in [2.05, 4.69) is 0 Å². The van der Waals surface area contributed by atoms with Crippen molar-refractivity contribution in [3.8, 4) is 5.75 Å². The Morgan fingerprint density at radius 3 is 3.08 bits per heavy atom. The molecule has 1 aromatic carbocycles. The van der Waals surface area contributed by atoms with Crippen LogP contribution in [0.1, 0.15) is 0 Å². The maximum absolute atomic E-state index is 10.5. The van der Waals surface area contributed by atoms with Crippen molar-refractivity contribution in [3.05, 3.63) is 28.3 Å². The highest BCUT2D eigenvalue weighted by Gasteiger charge is 2.19. The molecule has 0 atom stereocenters. The minimum Gasteiger partial charge on any atom is -0.471 e. The van der Waals surface area contributed by atoms with Gasteiger partial charge in [0.05, 0.1) is 10.6 Å². The normalized spacial score (nSPS) is 13.8. The molecule has 2 rings (SSSR count). The lowest BCUT2D eigenvalue weighted by atomic mass is 10.2. The second kappa shape index (κ2) is 2.62. The Morgan fingerprint density at radius 2 is 2.38 bits per heavy atom. The molecule has 0 aliphatic carbocycles. The highest BCUT2D eigenvalue weighted by molar-refractivity contribution is 5.64. The largest absolute Gasteiger partial charge is 0.471 e. The quantitative estimate of drug-likeness (QED) is 0.484. The maximum atomic E-state index is 10.5. The minimum absolute atomic E-state index is 0.0936. The van der Waals surface area contributed by atoms with E-state index in [0.29, 0.717) is 12.5 Å². The summed E-state index contributed by atoms with van der Waals surface area (Å²) in [5.41, 5.74) is 0.866. The van der Waals surface area contributed by atoms with Crippen LogP contribution in [0.2, 0.25) is 0 Å². The average molecular weight is 180 g/mol. The molecule has 5 heteroatoms. The zero-order valence-electron chi connectivity index (χ0n) is 7.06. The Labute approximate surface area is 74.7 Å². The first-order chi connectivity index (χ1) is 6.18. The first kappa shape index (κ1) is 7.85. The molecule has 1 aliphatic heterocycles. The lowest BCUT2D eigenvalue weighted by Gasteiger charge is -2.06. The van der Waals surface area contributed by atoms with Crippen LogP contribution in [-0.2, 0) is 0 Å². The molecule has 0 amide bonds. The van der Waals surface area contributed by atoms with Crippen LogP contribution >= 0.6 is 0 Å². The van der Waals surface area contributed by atoms with Gasteiger partial charge in [0.2, 0.25) is 0 Å². The van der Waals surface area contributed by atoms with Crippen LogP contribution in [-0.4, -0.2) is 18.7 Å². The third-order valence-electron chi connectivity index (χ3n) is 1.98. The smallest absolute Gasteiger partial charge is 0.271 e. The molecule has 13 heavy (non-hydrogen) atoms. The van der Waals surface area contributed by atoms with Gasteiger partial charge in [0, 0.05) is 19.2 Å². The van der Waals surface area contributed by atoms with Crippen molar-refractivity contribution in [1.82, 2.24) is 0 Å². The van der Waals surface area contributed by atoms with E-state index in [9.17, 15) is 10.1 Å². The number of benzene rings is 1. The Balaban J connectivity index is 2.47. The highest BCUT2D eigenvalue weighted by Crippen LogP contribution is 2.35. The predicted molar refractivity (Wildman–Crippen MR) is 47.0 cm³/mol. The Kier molecular flexibility index (Phi) is 1.58. The molecule has 1 aliphatic rings. The molecule has 0 N–H and O–H groups in total. The van der Waals surface area contributed by atoms with Crippen LogP contribution in [0, 0.1) is 10.1 Å². The lowest BCUT2D eigenvalue weighted by molar-refractivity contribution is -0.384. The van der Waals surface area contributed by atoms with Gasteiger partial charge in [-0.25, -0.2) is 0 Å². The van der Waals surface area contributed by atoms with Crippen LogP contribution in [0.3, 0.4) is 0 Å². The van der Waals surface area contributed by atoms with Crippen LogP contribution in [0.15, 0.2) is 18.2 Å². The van der Waals surface area contributed by atoms with Gasteiger partial charge in [0.25, 0.3) is 5.69 Å². The standard InChI is InChI=1S/C8H8N2O3/c1-9-5-13-8-3-2-6(10(11)12)4-7(8)9/h2-4H,5H2,1H3. The molecule has 0 unspecified atom stereocenters. The highest BCUT2D eigenvalue weighted by atomic mass is 16.6. The fourth-order valence-electron chi connectivity index (χ4n) is 1.28. The Hall–Kier alpha value is -1.78. The summed E-state index contributed by atoms with van der Waals surface area (Å²) < 4.78 is 5.25. The van der Waals surface area contributed by atoms with Gasteiger partial charge in [-0.2, -0.15) is 0 Å². The number of ether oxygens (including phenoxy) is 1. The topological polar surface area (TPSA) is 55.6 Å². The van der Waals surface area contributed by atoms with E-state index in [4.69, 9.17) is 4.74 Å². The molecule has 68 valence electrons. The average Bonchev–Trinajstić information content (AvgIpc) is 2.47. The number of anilines is 1. The van der Waals surface area contributed by atoms with Crippen molar-refractivity contribution in [2.75, 3.05) is 18.7 Å². The van der Waals surface area contributed by atoms with Gasteiger partial charge in [0.1, 0.15) is 5.75 Å². The predicted octanol–water partition coefficient (Wildman–Crippen LogP) is 1.38. The van der Waals surface area contributed by atoms with Crippen molar-refractivity contribution >= 4 is 11.4 Å². The molecule has 0 aromatic heterocycles. The SMILES string of the molecule is CN1COc2ccc([N+](=O)[O-])cc21. The van der Waals surface area contributed by atoms with E-state index in [1.165, 1.54) is 12.1 Å². The van der Waals surface area contributed by atoms with Crippen LogP contribution in [0.5, 0.6) is 5.75 Å². The molecule has 1 heterocycles. The number of fused-ring (bicyclic) bond motifs is 1. The van der Waals surface area contributed by atoms with E-state index in [1.807, 2.05) is 11.9 Å². The molecular formula is C8H8N2O3. The molecule has 1 aromatic rings. The van der Waals surface area contributed by atoms with Gasteiger partial charge >= 0.3 is 0 Å². The van der Waals surface area contributed by atoms with Crippen molar-refractivity contribution in [3.63, 3.8) is 0 Å². The first-order valence-electron chi connectivity index (χ1n) is 3.81. The molecule has 0 fully saturated rings. The number of nitrogens with zero attached hydrogens (tertiary/aromatic N) is 2. The second-order valence-electron chi connectivity index (χ2n) is 2.88. The van der Waals surface area contributed by atoms with Crippen LogP contribution in [0.4, 0.5) is 11.4 Å². The van der Waals surface area contributed by atoms with Gasteiger partial charge in [0.15, 0.2) is 6.73 Å². The van der Waals surface area contributed by atoms with Crippen molar-refractivity contribution in [1.29, 1.82) is 0 Å². The van der Waals surface area contributed by atoms with Gasteiger partial charge in [-0.05, 0) is 6.07 Å². The summed E-state index contributed by atoms with van der Waals surface area (Å²) in [5, 5.41) is 10.5. The number of hydrogen-bond donors (Lipinski definition) is 0. The maximum Gasteiger partial charge on any atom is 0.271 e. The summed E-state index contributed by atoms with van der Waals surface area (Å²) in [4.78, 5) is 11.9. The minimum atomic E-state index is -0.410. The third kappa shape index (κ3) is 1.18. The second-order valence-corrected chi connectivity index (χ2v) is 2.88. The summed E-state index contributed by atoms with van der Waals surface area (Å²) in [5.74, 6) is 0.702. The van der Waals surface area contributed by atoms with E-state index in [1.54, 1.807) is 6.07 Å². The van der Waals surface area contributed by atoms with E-state index < -0.39 is 4.92 Å². The molecule has 0 spiro atoms. The first-order valence-corrected chi connectivity index (χ1v) is 3.81. The lowest BCUT2D eigenvalue weighted by Crippen LogP contribution is -2.14. The number of rotatable bonds is 1. The van der Waals surface area contributed by atoms with Gasteiger partial charge in [-0.1, -0.05) is 0 Å². The van der Waals surface area contributed by atoms with Gasteiger partial charge in [-0.15, -0.1) is 0 Å². The van der Waals surface area contributed by atoms with Crippen molar-refractivity contribution in [2.24, 2.45) is 0 Å². The van der Waals surface area contributed by atoms with Gasteiger partial charge in [-0.3, -0.25) is 10.1 Å². The zero-order chi connectivity index (χ0) is 9.42. The number of nitro benzene ring substituents is 1. The molecule has 0 saturated heterocycles. The van der Waals surface area contributed by atoms with E-state index in [0.717, 1.165) is 5.69 Å². The third-order valence-corrected chi connectivity index (χ3v) is 1.98. The van der Waals surface area contributed by atoms with E-state index >= 15 is 0 Å². The van der Waals surface area contributed by atoms with Crippen LogP contribution < -0.4 is 9.64 Å². The summed E-state index contributed by atoms with van der Waals surface area (Å²) in [6.07, 6.45) is 0. The van der Waals surface area contributed by atoms with Gasteiger partial charge < -0.3 is 9.64 Å². The molecule has 5 nitrogen and oxygen atoms in total. The number of nitro groups is 1. The Morgan fingerprint density at radius 1 is 1.62 bits per heavy atom. The monoisotopic (exact) mass is 180 g/mol. The Bertz CT molecular complexity index is 364. The molecular weight excluding hydrogens is 172 g/mol. The fourth-order valence-corrected chi connectivity index (χ4v) is 1.28. The van der Waals surface area contributed by atoms with Crippen molar-refractivity contribution < 1.29 is 9.66 Å². The molecule has 0 radical (unpaired) electrons. The molecule has 0 saturated carbocycles.